The first-order valence-corrected chi connectivity index (χ1v) is 9.71. The highest BCUT2D eigenvalue weighted by Crippen LogP contribution is 2.50. The number of aliphatic hydroxyl groups excluding tert-OH is 1. The van der Waals surface area contributed by atoms with Gasteiger partial charge in [-0.1, -0.05) is 42.1 Å². The molecule has 2 atom stereocenters. The van der Waals surface area contributed by atoms with E-state index >= 15 is 0 Å². The smallest absolute Gasteiger partial charge is 0.272 e. The van der Waals surface area contributed by atoms with E-state index in [2.05, 4.69) is 5.10 Å². The number of hydrogen-bond acceptors (Lipinski definition) is 5. The molecule has 1 aliphatic rings. The molecule has 0 saturated heterocycles. The summed E-state index contributed by atoms with van der Waals surface area (Å²) in [7, 11) is 0. The number of aliphatic hydroxyl groups is 1. The molecule has 0 fully saturated rings. The molecule has 0 bridgehead atoms. The summed E-state index contributed by atoms with van der Waals surface area (Å²) >= 11 is 1.16. The van der Waals surface area contributed by atoms with Gasteiger partial charge in [0, 0.05) is 5.56 Å². The molecule has 5 nitrogen and oxygen atoms in total. The molecule has 2 unspecified atom stereocenters. The second-order valence-corrected chi connectivity index (χ2v) is 7.77. The van der Waals surface area contributed by atoms with Crippen molar-refractivity contribution in [1.82, 2.24) is 5.01 Å². The minimum Gasteiger partial charge on any atom is -0.383 e. The maximum absolute atomic E-state index is 14.4. The number of hydrazone groups is 1. The van der Waals surface area contributed by atoms with Gasteiger partial charge in [-0.25, -0.2) is 13.8 Å². The summed E-state index contributed by atoms with van der Waals surface area (Å²) in [6.07, 6.45) is -0.303. The van der Waals surface area contributed by atoms with E-state index in [0.717, 1.165) is 35.5 Å². The minimum absolute atomic E-state index is 0.0288. The van der Waals surface area contributed by atoms with E-state index in [0.29, 0.717) is 19.4 Å². The van der Waals surface area contributed by atoms with Crippen LogP contribution in [0, 0.1) is 11.6 Å². The Balaban J connectivity index is 2.15. The number of rotatable bonds is 6. The van der Waals surface area contributed by atoms with Gasteiger partial charge in [0.1, 0.15) is 27.7 Å². The molecule has 0 aliphatic carbocycles. The molecule has 28 heavy (non-hydrogen) atoms. The minimum atomic E-state index is -1.30. The summed E-state index contributed by atoms with van der Waals surface area (Å²) in [5.41, 5.74) is 6.44. The lowest BCUT2D eigenvalue weighted by molar-refractivity contribution is -0.143. The molecule has 1 aliphatic heterocycles. The van der Waals surface area contributed by atoms with E-state index in [1.165, 1.54) is 11.9 Å². The number of carbonyl (C=O) groups excluding carboxylic acids is 1. The number of amides is 1. The first-order valence-electron chi connectivity index (χ1n) is 8.90. The van der Waals surface area contributed by atoms with E-state index in [1.807, 2.05) is 30.3 Å². The lowest BCUT2D eigenvalue weighted by Crippen LogP contribution is -2.45. The fraction of sp³-hybridized carbons (Fsp3) is 0.300. The van der Waals surface area contributed by atoms with E-state index < -0.39 is 28.5 Å². The SMILES string of the molecule is CC(O)C(=O)N1N=C(c2cc(F)ccc2F)SC1(CCCN)c1ccccc1. The van der Waals surface area contributed by atoms with Gasteiger partial charge in [-0.3, -0.25) is 4.79 Å². The molecular formula is C20H21F2N3O2S. The van der Waals surface area contributed by atoms with Gasteiger partial charge in [0.2, 0.25) is 0 Å². The highest BCUT2D eigenvalue weighted by Gasteiger charge is 2.49. The quantitative estimate of drug-likeness (QED) is 0.774. The fourth-order valence-electron chi connectivity index (χ4n) is 3.09. The van der Waals surface area contributed by atoms with Crippen LogP contribution in [0.15, 0.2) is 53.6 Å². The molecule has 2 aromatic carbocycles. The Hall–Kier alpha value is -2.29. The second-order valence-electron chi connectivity index (χ2n) is 6.50. The molecular weight excluding hydrogens is 384 g/mol. The first-order chi connectivity index (χ1) is 13.4. The molecule has 1 amide bonds. The topological polar surface area (TPSA) is 78.9 Å². The average Bonchev–Trinajstić information content (AvgIpc) is 3.08. The van der Waals surface area contributed by atoms with Gasteiger partial charge in [-0.2, -0.15) is 5.10 Å². The van der Waals surface area contributed by atoms with E-state index in [1.54, 1.807) is 0 Å². The standard InChI is InChI=1S/C20H21F2N3O2S/c1-13(26)19(27)25-20(10-5-11-23,14-6-3-2-4-7-14)28-18(24-25)16-12-15(21)8-9-17(16)22/h2-4,6-9,12-13,26H,5,10-11,23H2,1H3. The zero-order valence-corrected chi connectivity index (χ0v) is 16.1. The zero-order chi connectivity index (χ0) is 20.3. The van der Waals surface area contributed by atoms with Crippen LogP contribution in [0.3, 0.4) is 0 Å². The van der Waals surface area contributed by atoms with Crippen molar-refractivity contribution in [2.45, 2.75) is 30.7 Å². The Bertz CT molecular complexity index is 892. The van der Waals surface area contributed by atoms with Crippen molar-refractivity contribution in [1.29, 1.82) is 0 Å². The first kappa shape index (κ1) is 20.4. The van der Waals surface area contributed by atoms with E-state index in [-0.39, 0.29) is 10.6 Å². The van der Waals surface area contributed by atoms with Crippen LogP contribution < -0.4 is 5.73 Å². The average molecular weight is 405 g/mol. The maximum atomic E-state index is 14.4. The van der Waals surface area contributed by atoms with Crippen LogP contribution in [0.2, 0.25) is 0 Å². The summed E-state index contributed by atoms with van der Waals surface area (Å²) in [6.45, 7) is 1.73. The molecule has 3 N–H and O–H groups in total. The highest BCUT2D eigenvalue weighted by molar-refractivity contribution is 8.15. The van der Waals surface area contributed by atoms with Crippen LogP contribution in [0.25, 0.3) is 0 Å². The summed E-state index contributed by atoms with van der Waals surface area (Å²) in [6, 6.07) is 12.3. The summed E-state index contributed by atoms with van der Waals surface area (Å²) in [5, 5.41) is 15.6. The molecule has 148 valence electrons. The number of nitrogens with two attached hydrogens (primary N) is 1. The largest absolute Gasteiger partial charge is 0.383 e. The molecule has 3 rings (SSSR count). The van der Waals surface area contributed by atoms with E-state index in [9.17, 15) is 18.7 Å². The third-order valence-corrected chi connectivity index (χ3v) is 5.91. The van der Waals surface area contributed by atoms with Crippen LogP contribution in [-0.4, -0.2) is 33.7 Å². The van der Waals surface area contributed by atoms with Gasteiger partial charge < -0.3 is 10.8 Å². The Morgan fingerprint density at radius 1 is 1.29 bits per heavy atom. The normalized spacial score (nSPS) is 20.2. The van der Waals surface area contributed by atoms with E-state index in [4.69, 9.17) is 5.73 Å². The number of nitrogens with zero attached hydrogens (tertiary/aromatic N) is 2. The van der Waals surface area contributed by atoms with Crippen LogP contribution >= 0.6 is 11.8 Å². The van der Waals surface area contributed by atoms with Crippen molar-refractivity contribution in [2.24, 2.45) is 10.8 Å². The number of thioether (sulfide) groups is 1. The van der Waals surface area contributed by atoms with Gasteiger partial charge in [0.05, 0.1) is 0 Å². The molecule has 1 heterocycles. The third-order valence-electron chi connectivity index (χ3n) is 4.47. The highest BCUT2D eigenvalue weighted by atomic mass is 32.2. The van der Waals surface area contributed by atoms with Gasteiger partial charge in [-0.15, -0.1) is 0 Å². The van der Waals surface area contributed by atoms with Crippen LogP contribution in [0.1, 0.15) is 30.9 Å². The third kappa shape index (κ3) is 3.80. The van der Waals surface area contributed by atoms with Gasteiger partial charge >= 0.3 is 0 Å². The van der Waals surface area contributed by atoms with Gasteiger partial charge in [0.15, 0.2) is 0 Å². The monoisotopic (exact) mass is 405 g/mol. The molecule has 0 radical (unpaired) electrons. The molecule has 0 aromatic heterocycles. The van der Waals surface area contributed by atoms with Crippen molar-refractivity contribution in [2.75, 3.05) is 6.54 Å². The lowest BCUT2D eigenvalue weighted by Gasteiger charge is -2.36. The number of hydrogen-bond donors (Lipinski definition) is 2. The molecule has 0 spiro atoms. The summed E-state index contributed by atoms with van der Waals surface area (Å²) < 4.78 is 28.1. The van der Waals surface area contributed by atoms with Crippen LogP contribution in [0.4, 0.5) is 8.78 Å². The predicted molar refractivity (Wildman–Crippen MR) is 105 cm³/mol. The Kier molecular flexibility index (Phi) is 6.12. The summed E-state index contributed by atoms with van der Waals surface area (Å²) in [4.78, 5) is 11.8. The molecule has 0 saturated carbocycles. The Morgan fingerprint density at radius 3 is 2.64 bits per heavy atom. The number of carbonyl (C=O) groups is 1. The Labute approximate surface area is 166 Å². The van der Waals surface area contributed by atoms with Crippen molar-refractivity contribution in [3.05, 3.63) is 71.3 Å². The molecule has 8 heteroatoms. The van der Waals surface area contributed by atoms with Crippen LogP contribution in [0.5, 0.6) is 0 Å². The number of halogens is 2. The lowest BCUT2D eigenvalue weighted by atomic mass is 10.00. The molecule has 2 aromatic rings. The van der Waals surface area contributed by atoms with Crippen molar-refractivity contribution >= 4 is 22.7 Å². The fourth-order valence-corrected chi connectivity index (χ4v) is 4.52. The van der Waals surface area contributed by atoms with Gasteiger partial charge in [0.25, 0.3) is 5.91 Å². The number of benzene rings is 2. The van der Waals surface area contributed by atoms with Gasteiger partial charge in [-0.05, 0) is 50.1 Å². The maximum Gasteiger partial charge on any atom is 0.272 e. The Morgan fingerprint density at radius 2 is 2.00 bits per heavy atom. The summed E-state index contributed by atoms with van der Waals surface area (Å²) in [5.74, 6) is -1.87. The second kappa shape index (κ2) is 8.38. The van der Waals surface area contributed by atoms with Crippen LogP contribution in [-0.2, 0) is 9.67 Å². The zero-order valence-electron chi connectivity index (χ0n) is 15.3. The predicted octanol–water partition coefficient (Wildman–Crippen LogP) is 3.17. The van der Waals surface area contributed by atoms with Crippen molar-refractivity contribution in [3.63, 3.8) is 0 Å². The van der Waals surface area contributed by atoms with Crippen molar-refractivity contribution < 1.29 is 18.7 Å². The van der Waals surface area contributed by atoms with Crippen molar-refractivity contribution in [3.8, 4) is 0 Å².